The van der Waals surface area contributed by atoms with E-state index in [0.717, 1.165) is 16.6 Å². The lowest BCUT2D eigenvalue weighted by atomic mass is 10.1. The second-order valence-corrected chi connectivity index (χ2v) is 5.86. The predicted octanol–water partition coefficient (Wildman–Crippen LogP) is 3.12. The fourth-order valence-corrected chi connectivity index (χ4v) is 3.14. The molecule has 4 aromatic rings. The molecule has 0 fully saturated rings. The number of rotatable bonds is 3. The largest absolute Gasteiger partial charge is 0.265 e. The van der Waals surface area contributed by atoms with E-state index in [2.05, 4.69) is 20.3 Å². The lowest BCUT2D eigenvalue weighted by Crippen LogP contribution is -1.99. The molecule has 4 rings (SSSR count). The minimum Gasteiger partial charge on any atom is -0.265 e. The summed E-state index contributed by atoms with van der Waals surface area (Å²) in [6, 6.07) is 7.11. The molecule has 0 bridgehead atoms. The van der Waals surface area contributed by atoms with Gasteiger partial charge in [-0.3, -0.25) is 4.98 Å². The van der Waals surface area contributed by atoms with Gasteiger partial charge in [-0.25, -0.2) is 8.78 Å². The van der Waals surface area contributed by atoms with Crippen LogP contribution in [0.3, 0.4) is 0 Å². The van der Waals surface area contributed by atoms with Crippen LogP contribution in [0.5, 0.6) is 0 Å². The van der Waals surface area contributed by atoms with E-state index in [1.807, 2.05) is 12.1 Å². The Bertz CT molecular complexity index is 960. The Morgan fingerprint density at radius 3 is 2.48 bits per heavy atom. The molecule has 0 unspecified atom stereocenters. The Hall–Kier alpha value is -2.74. The van der Waals surface area contributed by atoms with E-state index in [4.69, 9.17) is 0 Å². The number of hydrogen-bond acceptors (Lipinski definition) is 5. The SMILES string of the molecule is Fc1cc(F)cc(Cc2nnc3sc(-c4ccncc4)nn23)c1. The molecule has 0 N–H and O–H groups in total. The molecule has 3 heterocycles. The van der Waals surface area contributed by atoms with E-state index in [0.29, 0.717) is 16.3 Å². The maximum atomic E-state index is 13.3. The van der Waals surface area contributed by atoms with Gasteiger partial charge >= 0.3 is 0 Å². The summed E-state index contributed by atoms with van der Waals surface area (Å²) in [5, 5.41) is 13.4. The first-order valence-electron chi connectivity index (χ1n) is 6.75. The first-order chi connectivity index (χ1) is 11.2. The van der Waals surface area contributed by atoms with Gasteiger partial charge in [0, 0.05) is 30.4 Å². The number of benzene rings is 1. The van der Waals surface area contributed by atoms with E-state index in [1.165, 1.54) is 23.5 Å². The van der Waals surface area contributed by atoms with Crippen LogP contribution in [-0.4, -0.2) is 24.8 Å². The summed E-state index contributed by atoms with van der Waals surface area (Å²) in [6.45, 7) is 0. The summed E-state index contributed by atoms with van der Waals surface area (Å²) < 4.78 is 28.2. The number of pyridine rings is 1. The maximum absolute atomic E-state index is 13.3. The van der Waals surface area contributed by atoms with Gasteiger partial charge in [-0.1, -0.05) is 11.3 Å². The van der Waals surface area contributed by atoms with Gasteiger partial charge in [0.25, 0.3) is 0 Å². The molecule has 1 aromatic carbocycles. The average molecular weight is 329 g/mol. The number of nitrogens with zero attached hydrogens (tertiary/aromatic N) is 5. The van der Waals surface area contributed by atoms with Crippen molar-refractivity contribution in [1.82, 2.24) is 24.8 Å². The van der Waals surface area contributed by atoms with Gasteiger partial charge in [-0.05, 0) is 29.8 Å². The van der Waals surface area contributed by atoms with Gasteiger partial charge in [0.15, 0.2) is 5.82 Å². The van der Waals surface area contributed by atoms with Crippen molar-refractivity contribution in [1.29, 1.82) is 0 Å². The van der Waals surface area contributed by atoms with Crippen molar-refractivity contribution >= 4 is 16.3 Å². The van der Waals surface area contributed by atoms with Crippen LogP contribution in [-0.2, 0) is 6.42 Å². The van der Waals surface area contributed by atoms with Gasteiger partial charge in [0.05, 0.1) is 0 Å². The van der Waals surface area contributed by atoms with Crippen LogP contribution >= 0.6 is 11.3 Å². The zero-order valence-electron chi connectivity index (χ0n) is 11.6. The topological polar surface area (TPSA) is 56.0 Å². The van der Waals surface area contributed by atoms with Gasteiger partial charge in [0.2, 0.25) is 4.96 Å². The molecule has 0 atom stereocenters. The highest BCUT2D eigenvalue weighted by molar-refractivity contribution is 7.19. The quantitative estimate of drug-likeness (QED) is 0.579. The Labute approximate surface area is 133 Å². The molecule has 0 spiro atoms. The van der Waals surface area contributed by atoms with E-state index < -0.39 is 11.6 Å². The molecule has 5 nitrogen and oxygen atoms in total. The molecule has 0 aliphatic rings. The first-order valence-corrected chi connectivity index (χ1v) is 7.57. The Balaban J connectivity index is 1.72. The van der Waals surface area contributed by atoms with Crippen LogP contribution in [0.1, 0.15) is 11.4 Å². The molecular weight excluding hydrogens is 320 g/mol. The fraction of sp³-hybridized carbons (Fsp3) is 0.0667. The third-order valence-electron chi connectivity index (χ3n) is 3.27. The van der Waals surface area contributed by atoms with Crippen molar-refractivity contribution < 1.29 is 8.78 Å². The Morgan fingerprint density at radius 2 is 1.74 bits per heavy atom. The molecule has 0 saturated carbocycles. The van der Waals surface area contributed by atoms with Crippen LogP contribution in [0.15, 0.2) is 42.7 Å². The van der Waals surface area contributed by atoms with Crippen molar-refractivity contribution in [3.8, 4) is 10.6 Å². The zero-order valence-corrected chi connectivity index (χ0v) is 12.5. The highest BCUT2D eigenvalue weighted by atomic mass is 32.1. The van der Waals surface area contributed by atoms with Crippen LogP contribution < -0.4 is 0 Å². The van der Waals surface area contributed by atoms with E-state index in [9.17, 15) is 8.78 Å². The summed E-state index contributed by atoms with van der Waals surface area (Å²) in [6.07, 6.45) is 3.62. The van der Waals surface area contributed by atoms with Crippen LogP contribution in [0.4, 0.5) is 8.78 Å². The van der Waals surface area contributed by atoms with E-state index in [-0.39, 0.29) is 6.42 Å². The summed E-state index contributed by atoms with van der Waals surface area (Å²) in [5.41, 5.74) is 1.41. The number of aromatic nitrogens is 5. The molecular formula is C15H9F2N5S. The van der Waals surface area contributed by atoms with Crippen molar-refractivity contribution in [2.45, 2.75) is 6.42 Å². The molecule has 8 heteroatoms. The number of fused-ring (bicyclic) bond motifs is 1. The molecule has 114 valence electrons. The van der Waals surface area contributed by atoms with E-state index >= 15 is 0 Å². The molecule has 0 amide bonds. The smallest absolute Gasteiger partial charge is 0.234 e. The molecule has 23 heavy (non-hydrogen) atoms. The summed E-state index contributed by atoms with van der Waals surface area (Å²) >= 11 is 1.39. The van der Waals surface area contributed by atoms with Crippen molar-refractivity contribution in [3.63, 3.8) is 0 Å². The van der Waals surface area contributed by atoms with Crippen LogP contribution in [0, 0.1) is 11.6 Å². The lowest BCUT2D eigenvalue weighted by Gasteiger charge is -2.00. The summed E-state index contributed by atoms with van der Waals surface area (Å²) in [5.74, 6) is -0.699. The second kappa shape index (κ2) is 5.47. The van der Waals surface area contributed by atoms with Gasteiger partial charge in [-0.2, -0.15) is 9.61 Å². The highest BCUT2D eigenvalue weighted by Crippen LogP contribution is 2.25. The average Bonchev–Trinajstić information content (AvgIpc) is 3.09. The highest BCUT2D eigenvalue weighted by Gasteiger charge is 2.14. The molecule has 0 aliphatic carbocycles. The summed E-state index contributed by atoms with van der Waals surface area (Å²) in [4.78, 5) is 4.60. The van der Waals surface area contributed by atoms with Gasteiger partial charge in [0.1, 0.15) is 16.6 Å². The number of halogens is 2. The van der Waals surface area contributed by atoms with Crippen LogP contribution in [0.2, 0.25) is 0 Å². The fourth-order valence-electron chi connectivity index (χ4n) is 2.27. The van der Waals surface area contributed by atoms with Gasteiger partial charge in [-0.15, -0.1) is 10.2 Å². The van der Waals surface area contributed by atoms with Crippen LogP contribution in [0.25, 0.3) is 15.5 Å². The van der Waals surface area contributed by atoms with Gasteiger partial charge < -0.3 is 0 Å². The van der Waals surface area contributed by atoms with Crippen molar-refractivity contribution in [2.24, 2.45) is 0 Å². The monoisotopic (exact) mass is 329 g/mol. The Morgan fingerprint density at radius 1 is 1.00 bits per heavy atom. The maximum Gasteiger partial charge on any atom is 0.234 e. The predicted molar refractivity (Wildman–Crippen MR) is 81.1 cm³/mol. The second-order valence-electron chi connectivity index (χ2n) is 4.91. The summed E-state index contributed by atoms with van der Waals surface area (Å²) in [7, 11) is 0. The molecule has 0 radical (unpaired) electrons. The minimum absolute atomic E-state index is 0.245. The molecule has 0 aliphatic heterocycles. The van der Waals surface area contributed by atoms with E-state index in [1.54, 1.807) is 16.9 Å². The minimum atomic E-state index is -0.614. The molecule has 3 aromatic heterocycles. The standard InChI is InChI=1S/C15H9F2N5S/c16-11-5-9(6-12(17)8-11)7-13-19-20-15-22(13)21-14(23-15)10-1-3-18-4-2-10/h1-6,8H,7H2. The Kier molecular flexibility index (Phi) is 3.30. The first kappa shape index (κ1) is 13.9. The third-order valence-corrected chi connectivity index (χ3v) is 4.22. The molecule has 0 saturated heterocycles. The lowest BCUT2D eigenvalue weighted by molar-refractivity contribution is 0.580. The van der Waals surface area contributed by atoms with Crippen molar-refractivity contribution in [3.05, 3.63) is 65.7 Å². The van der Waals surface area contributed by atoms with Crippen molar-refractivity contribution in [2.75, 3.05) is 0 Å². The number of hydrogen-bond donors (Lipinski definition) is 0. The third kappa shape index (κ3) is 2.68. The normalized spacial score (nSPS) is 11.2. The zero-order chi connectivity index (χ0) is 15.8.